The standard InChI is InChI=1S/C5H4O6/c1-2-3(6)9-5(8)11-10-4(2)7/h2H,1H3. The molecule has 1 rings (SSSR count). The summed E-state index contributed by atoms with van der Waals surface area (Å²) in [5, 5.41) is 0. The topological polar surface area (TPSA) is 78.9 Å². The van der Waals surface area contributed by atoms with Gasteiger partial charge in [0.2, 0.25) is 0 Å². The van der Waals surface area contributed by atoms with Crippen molar-refractivity contribution in [2.75, 3.05) is 0 Å². The van der Waals surface area contributed by atoms with Gasteiger partial charge in [-0.15, -0.1) is 0 Å². The molecule has 1 unspecified atom stereocenters. The molecule has 0 spiro atoms. The molecule has 1 atom stereocenters. The third-order valence-corrected chi connectivity index (χ3v) is 1.08. The molecule has 0 radical (unpaired) electrons. The van der Waals surface area contributed by atoms with E-state index < -0.39 is 24.0 Å². The molecule has 60 valence electrons. The fourth-order valence-electron chi connectivity index (χ4n) is 0.431. The molecule has 0 aromatic heterocycles. The Labute approximate surface area is 60.9 Å². The molecule has 0 amide bonds. The molecule has 0 aromatic carbocycles. The Kier molecular flexibility index (Phi) is 1.75. The minimum absolute atomic E-state index is 0.944. The Bertz CT molecular complexity index is 219. The summed E-state index contributed by atoms with van der Waals surface area (Å²) in [7, 11) is 0. The van der Waals surface area contributed by atoms with Gasteiger partial charge in [-0.25, -0.2) is 14.6 Å². The van der Waals surface area contributed by atoms with Gasteiger partial charge in [-0.05, 0) is 6.92 Å². The second-order valence-electron chi connectivity index (χ2n) is 1.88. The Balaban J connectivity index is 2.76. The summed E-state index contributed by atoms with van der Waals surface area (Å²) in [6.45, 7) is 1.24. The lowest BCUT2D eigenvalue weighted by Gasteiger charge is -1.96. The van der Waals surface area contributed by atoms with Gasteiger partial charge >= 0.3 is 18.1 Å². The number of ether oxygens (including phenoxy) is 1. The van der Waals surface area contributed by atoms with Crippen LogP contribution in [0.5, 0.6) is 0 Å². The van der Waals surface area contributed by atoms with Crippen LogP contribution >= 0.6 is 0 Å². The molecule has 0 N–H and O–H groups in total. The molecule has 1 saturated heterocycles. The molecule has 1 heterocycles. The monoisotopic (exact) mass is 160 g/mol. The Morgan fingerprint density at radius 3 is 2.36 bits per heavy atom. The zero-order valence-electron chi connectivity index (χ0n) is 5.53. The third-order valence-electron chi connectivity index (χ3n) is 1.08. The van der Waals surface area contributed by atoms with E-state index in [9.17, 15) is 14.4 Å². The molecular weight excluding hydrogens is 156 g/mol. The quantitative estimate of drug-likeness (QED) is 0.277. The number of carbonyl (C=O) groups is 3. The minimum atomic E-state index is -1.33. The Morgan fingerprint density at radius 1 is 1.09 bits per heavy atom. The largest absolute Gasteiger partial charge is 0.557 e. The average Bonchev–Trinajstić information content (AvgIpc) is 2.05. The first kappa shape index (κ1) is 7.52. The van der Waals surface area contributed by atoms with Gasteiger partial charge < -0.3 is 4.74 Å². The van der Waals surface area contributed by atoms with Crippen molar-refractivity contribution >= 4 is 18.1 Å². The highest BCUT2D eigenvalue weighted by Crippen LogP contribution is 2.07. The van der Waals surface area contributed by atoms with Crippen molar-refractivity contribution in [1.82, 2.24) is 0 Å². The maximum Gasteiger partial charge on any atom is 0.557 e. The van der Waals surface area contributed by atoms with Gasteiger partial charge in [0, 0.05) is 0 Å². The third kappa shape index (κ3) is 1.46. The van der Waals surface area contributed by atoms with E-state index in [1.807, 2.05) is 0 Å². The summed E-state index contributed by atoms with van der Waals surface area (Å²) in [5.74, 6) is -3.04. The van der Waals surface area contributed by atoms with E-state index in [4.69, 9.17) is 0 Å². The Hall–Kier alpha value is -1.59. The van der Waals surface area contributed by atoms with E-state index in [1.54, 1.807) is 0 Å². The van der Waals surface area contributed by atoms with Gasteiger partial charge in [0.15, 0.2) is 5.92 Å². The SMILES string of the molecule is CC1C(=O)OOC(=O)OC1=O. The van der Waals surface area contributed by atoms with E-state index >= 15 is 0 Å². The first-order valence-electron chi connectivity index (χ1n) is 2.75. The lowest BCUT2D eigenvalue weighted by molar-refractivity contribution is -0.237. The number of hydrogen-bond donors (Lipinski definition) is 0. The number of hydrogen-bond acceptors (Lipinski definition) is 6. The molecule has 0 bridgehead atoms. The summed E-state index contributed by atoms with van der Waals surface area (Å²) < 4.78 is 3.95. The van der Waals surface area contributed by atoms with E-state index in [-0.39, 0.29) is 0 Å². The van der Waals surface area contributed by atoms with Crippen LogP contribution in [0.1, 0.15) is 6.92 Å². The number of rotatable bonds is 0. The van der Waals surface area contributed by atoms with E-state index in [1.165, 1.54) is 6.92 Å². The molecular formula is C5H4O6. The summed E-state index contributed by atoms with van der Waals surface area (Å²) in [6, 6.07) is 0. The highest BCUT2D eigenvalue weighted by Gasteiger charge is 2.33. The predicted octanol–water partition coefficient (Wildman–Crippen LogP) is -0.226. The normalized spacial score (nSPS) is 24.8. The first-order valence-corrected chi connectivity index (χ1v) is 2.75. The zero-order valence-corrected chi connectivity index (χ0v) is 5.53. The zero-order chi connectivity index (χ0) is 8.43. The van der Waals surface area contributed by atoms with Gasteiger partial charge in [0.25, 0.3) is 0 Å². The molecule has 1 fully saturated rings. The highest BCUT2D eigenvalue weighted by atomic mass is 17.2. The lowest BCUT2D eigenvalue weighted by atomic mass is 10.2. The number of esters is 1. The molecule has 6 heteroatoms. The second-order valence-corrected chi connectivity index (χ2v) is 1.88. The van der Waals surface area contributed by atoms with Crippen LogP contribution in [0, 0.1) is 5.92 Å². The maximum absolute atomic E-state index is 10.6. The van der Waals surface area contributed by atoms with Crippen LogP contribution in [0.2, 0.25) is 0 Å². The summed E-state index contributed by atoms with van der Waals surface area (Å²) in [4.78, 5) is 39.0. The van der Waals surface area contributed by atoms with Crippen molar-refractivity contribution in [3.63, 3.8) is 0 Å². The molecule has 0 aromatic rings. The highest BCUT2D eigenvalue weighted by molar-refractivity contribution is 5.98. The minimum Gasteiger partial charge on any atom is -0.357 e. The molecule has 1 aliphatic heterocycles. The molecule has 0 saturated carbocycles. The van der Waals surface area contributed by atoms with Crippen molar-refractivity contribution in [2.45, 2.75) is 6.92 Å². The van der Waals surface area contributed by atoms with Crippen LogP contribution in [-0.2, 0) is 24.1 Å². The van der Waals surface area contributed by atoms with Crippen molar-refractivity contribution in [3.05, 3.63) is 0 Å². The van der Waals surface area contributed by atoms with E-state index in [2.05, 4.69) is 14.5 Å². The average molecular weight is 160 g/mol. The Morgan fingerprint density at radius 2 is 1.73 bits per heavy atom. The van der Waals surface area contributed by atoms with Crippen molar-refractivity contribution < 1.29 is 28.9 Å². The van der Waals surface area contributed by atoms with Crippen LogP contribution in [-0.4, -0.2) is 18.1 Å². The lowest BCUT2D eigenvalue weighted by Crippen LogP contribution is -2.21. The molecule has 11 heavy (non-hydrogen) atoms. The predicted molar refractivity (Wildman–Crippen MR) is 27.8 cm³/mol. The number of carbonyl (C=O) groups excluding carboxylic acids is 3. The smallest absolute Gasteiger partial charge is 0.357 e. The van der Waals surface area contributed by atoms with Crippen molar-refractivity contribution in [2.24, 2.45) is 5.92 Å². The van der Waals surface area contributed by atoms with Crippen LogP contribution in [0.25, 0.3) is 0 Å². The van der Waals surface area contributed by atoms with Gasteiger partial charge in [0.1, 0.15) is 0 Å². The molecule has 1 aliphatic rings. The molecule has 0 aliphatic carbocycles. The van der Waals surface area contributed by atoms with Crippen LogP contribution in [0.3, 0.4) is 0 Å². The van der Waals surface area contributed by atoms with Crippen LogP contribution in [0.4, 0.5) is 4.79 Å². The van der Waals surface area contributed by atoms with E-state index in [0.717, 1.165) is 0 Å². The van der Waals surface area contributed by atoms with Crippen LogP contribution in [0.15, 0.2) is 0 Å². The maximum atomic E-state index is 10.6. The summed E-state index contributed by atoms with van der Waals surface area (Å²) in [5.41, 5.74) is 0. The number of cyclic esters (lactones) is 2. The van der Waals surface area contributed by atoms with E-state index in [0.29, 0.717) is 0 Å². The fraction of sp³-hybridized carbons (Fsp3) is 0.400. The summed E-state index contributed by atoms with van der Waals surface area (Å²) in [6.07, 6.45) is -1.33. The van der Waals surface area contributed by atoms with Gasteiger partial charge in [-0.2, -0.15) is 4.79 Å². The van der Waals surface area contributed by atoms with Crippen molar-refractivity contribution in [1.29, 1.82) is 0 Å². The summed E-state index contributed by atoms with van der Waals surface area (Å²) >= 11 is 0. The van der Waals surface area contributed by atoms with Crippen LogP contribution < -0.4 is 0 Å². The first-order chi connectivity index (χ1) is 5.11. The van der Waals surface area contributed by atoms with Crippen molar-refractivity contribution in [3.8, 4) is 0 Å². The molecule has 6 nitrogen and oxygen atoms in total. The fourth-order valence-corrected chi connectivity index (χ4v) is 0.431. The van der Waals surface area contributed by atoms with Gasteiger partial charge in [-0.1, -0.05) is 0 Å². The second kappa shape index (κ2) is 2.57. The van der Waals surface area contributed by atoms with Gasteiger partial charge in [-0.3, -0.25) is 4.79 Å². The van der Waals surface area contributed by atoms with Gasteiger partial charge in [0.05, 0.1) is 0 Å².